The minimum absolute atomic E-state index is 0.0417. The van der Waals surface area contributed by atoms with Gasteiger partial charge in [0.15, 0.2) is 5.78 Å². The maximum Gasteiger partial charge on any atom is 0.270 e. The van der Waals surface area contributed by atoms with Crippen molar-refractivity contribution in [3.8, 4) is 6.07 Å². The zero-order valence-electron chi connectivity index (χ0n) is 16.6. The molecule has 30 heavy (non-hydrogen) atoms. The molecule has 1 aromatic carbocycles. The van der Waals surface area contributed by atoms with Crippen LogP contribution in [0.5, 0.6) is 0 Å². The molecule has 2 aromatic rings. The normalized spacial score (nSPS) is 18.7. The van der Waals surface area contributed by atoms with Gasteiger partial charge in [0, 0.05) is 35.6 Å². The molecule has 1 amide bonds. The maximum absolute atomic E-state index is 12.9. The Hall–Kier alpha value is -3.92. The van der Waals surface area contributed by atoms with Crippen molar-refractivity contribution >= 4 is 11.7 Å². The minimum Gasteiger partial charge on any atom is -0.383 e. The Morgan fingerprint density at radius 1 is 1.27 bits per heavy atom. The zero-order valence-corrected chi connectivity index (χ0v) is 16.6. The molecule has 0 spiro atoms. The van der Waals surface area contributed by atoms with E-state index in [1.165, 1.54) is 5.01 Å². The van der Waals surface area contributed by atoms with Crippen LogP contribution in [0.1, 0.15) is 46.7 Å². The molecule has 7 heteroatoms. The van der Waals surface area contributed by atoms with Crippen molar-refractivity contribution in [1.29, 1.82) is 5.26 Å². The van der Waals surface area contributed by atoms with Crippen molar-refractivity contribution in [3.05, 3.63) is 88.1 Å². The lowest BCUT2D eigenvalue weighted by atomic mass is 9.76. The number of nitrogens with one attached hydrogen (secondary N) is 1. The number of pyridine rings is 1. The molecule has 1 unspecified atom stereocenters. The Bertz CT molecular complexity index is 1110. The van der Waals surface area contributed by atoms with Crippen LogP contribution in [0.25, 0.3) is 0 Å². The Balaban J connectivity index is 1.79. The lowest BCUT2D eigenvalue weighted by Crippen LogP contribution is -2.48. The molecular formula is C23H21N5O2. The van der Waals surface area contributed by atoms with Crippen molar-refractivity contribution in [2.24, 2.45) is 5.73 Å². The first-order valence-electron chi connectivity index (χ1n) is 9.75. The third kappa shape index (κ3) is 3.33. The SMILES string of the molecule is Cc1ccc(C(=O)NN2C(N)=C(C#N)C(c3cccnc3)C3=C2CCCC3=O)cc1. The van der Waals surface area contributed by atoms with Gasteiger partial charge in [-0.25, -0.2) is 5.01 Å². The number of Topliss-reactive ketones (excluding diaryl/α,β-unsaturated/α-hetero) is 1. The number of hydrazine groups is 1. The summed E-state index contributed by atoms with van der Waals surface area (Å²) in [6.45, 7) is 1.94. The molecule has 4 rings (SSSR count). The summed E-state index contributed by atoms with van der Waals surface area (Å²) < 4.78 is 0. The van der Waals surface area contributed by atoms with Gasteiger partial charge >= 0.3 is 0 Å². The Morgan fingerprint density at radius 3 is 2.70 bits per heavy atom. The molecule has 0 radical (unpaired) electrons. The Morgan fingerprint density at radius 2 is 2.03 bits per heavy atom. The summed E-state index contributed by atoms with van der Waals surface area (Å²) in [5.74, 6) is -0.862. The Kier molecular flexibility index (Phi) is 5.07. The number of nitrogens with zero attached hydrogens (tertiary/aromatic N) is 3. The number of benzene rings is 1. The van der Waals surface area contributed by atoms with Gasteiger partial charge in [0.25, 0.3) is 5.91 Å². The number of ketones is 1. The van der Waals surface area contributed by atoms with E-state index in [2.05, 4.69) is 16.5 Å². The van der Waals surface area contributed by atoms with E-state index in [-0.39, 0.29) is 23.1 Å². The minimum atomic E-state index is -0.584. The first-order chi connectivity index (χ1) is 14.5. The molecule has 7 nitrogen and oxygen atoms in total. The highest BCUT2D eigenvalue weighted by Crippen LogP contribution is 2.43. The monoisotopic (exact) mass is 399 g/mol. The molecule has 0 saturated heterocycles. The molecule has 1 aliphatic heterocycles. The number of hydrogen-bond acceptors (Lipinski definition) is 6. The number of allylic oxidation sites excluding steroid dienone is 3. The van der Waals surface area contributed by atoms with Crippen LogP contribution < -0.4 is 11.2 Å². The molecule has 2 aliphatic rings. The number of nitrogens with two attached hydrogens (primary N) is 1. The largest absolute Gasteiger partial charge is 0.383 e. The van der Waals surface area contributed by atoms with Crippen LogP contribution in [0.3, 0.4) is 0 Å². The van der Waals surface area contributed by atoms with Crippen LogP contribution in [-0.2, 0) is 4.79 Å². The number of hydrogen-bond donors (Lipinski definition) is 2. The summed E-state index contributed by atoms with van der Waals surface area (Å²) in [4.78, 5) is 29.9. The lowest BCUT2D eigenvalue weighted by Gasteiger charge is -2.39. The summed E-state index contributed by atoms with van der Waals surface area (Å²) in [6.07, 6.45) is 4.91. The average Bonchev–Trinajstić information content (AvgIpc) is 2.76. The highest BCUT2D eigenvalue weighted by atomic mass is 16.2. The van der Waals surface area contributed by atoms with E-state index in [1.54, 1.807) is 30.6 Å². The van der Waals surface area contributed by atoms with Crippen LogP contribution >= 0.6 is 0 Å². The standard InChI is InChI=1S/C23H21N5O2/c1-14-7-9-15(10-8-14)23(30)27-28-18-5-2-6-19(29)21(18)20(17(12-24)22(28)25)16-4-3-11-26-13-16/h3-4,7-11,13,20H,2,5-6,25H2,1H3,(H,27,30). The second-order valence-electron chi connectivity index (χ2n) is 7.41. The average molecular weight is 399 g/mol. The van der Waals surface area contributed by atoms with Crippen LogP contribution in [0, 0.1) is 18.3 Å². The summed E-state index contributed by atoms with van der Waals surface area (Å²) in [6, 6.07) is 12.9. The van der Waals surface area contributed by atoms with Gasteiger partial charge < -0.3 is 5.73 Å². The molecule has 0 bridgehead atoms. The summed E-state index contributed by atoms with van der Waals surface area (Å²) >= 11 is 0. The molecule has 1 atom stereocenters. The fourth-order valence-corrected chi connectivity index (χ4v) is 3.97. The molecule has 0 fully saturated rings. The van der Waals surface area contributed by atoms with Gasteiger partial charge in [-0.2, -0.15) is 5.26 Å². The zero-order chi connectivity index (χ0) is 21.3. The number of aromatic nitrogens is 1. The highest BCUT2D eigenvalue weighted by Gasteiger charge is 2.40. The predicted molar refractivity (Wildman–Crippen MR) is 110 cm³/mol. The van der Waals surface area contributed by atoms with E-state index in [0.717, 1.165) is 11.1 Å². The van der Waals surface area contributed by atoms with Gasteiger partial charge in [-0.1, -0.05) is 23.8 Å². The smallest absolute Gasteiger partial charge is 0.270 e. The third-order valence-electron chi connectivity index (χ3n) is 5.46. The second kappa shape index (κ2) is 7.84. The number of aryl methyl sites for hydroxylation is 1. The molecule has 1 aliphatic carbocycles. The maximum atomic E-state index is 12.9. The highest BCUT2D eigenvalue weighted by molar-refractivity contribution is 6.00. The number of rotatable bonds is 3. The van der Waals surface area contributed by atoms with E-state index in [4.69, 9.17) is 5.73 Å². The number of amides is 1. The number of nitriles is 1. The fourth-order valence-electron chi connectivity index (χ4n) is 3.97. The molecule has 0 saturated carbocycles. The molecule has 3 N–H and O–H groups in total. The predicted octanol–water partition coefficient (Wildman–Crippen LogP) is 2.84. The Labute approximate surface area is 174 Å². The van der Waals surface area contributed by atoms with Crippen LogP contribution in [0.15, 0.2) is 71.5 Å². The quantitative estimate of drug-likeness (QED) is 0.821. The van der Waals surface area contributed by atoms with Crippen LogP contribution in [0.4, 0.5) is 0 Å². The van der Waals surface area contributed by atoms with E-state index < -0.39 is 5.92 Å². The molecule has 150 valence electrons. The van der Waals surface area contributed by atoms with Crippen molar-refractivity contribution in [2.75, 3.05) is 0 Å². The second-order valence-corrected chi connectivity index (χ2v) is 7.41. The van der Waals surface area contributed by atoms with Gasteiger partial charge in [0.1, 0.15) is 5.82 Å². The van der Waals surface area contributed by atoms with E-state index in [1.807, 2.05) is 25.1 Å². The summed E-state index contributed by atoms with van der Waals surface area (Å²) in [5, 5.41) is 11.3. The van der Waals surface area contributed by atoms with Crippen LogP contribution in [-0.4, -0.2) is 21.7 Å². The van der Waals surface area contributed by atoms with Crippen LogP contribution in [0.2, 0.25) is 0 Å². The molecular weight excluding hydrogens is 378 g/mol. The van der Waals surface area contributed by atoms with Gasteiger partial charge in [-0.15, -0.1) is 0 Å². The number of carbonyl (C=O) groups is 2. The third-order valence-corrected chi connectivity index (χ3v) is 5.46. The first-order valence-corrected chi connectivity index (χ1v) is 9.75. The van der Waals surface area contributed by atoms with Crippen molar-refractivity contribution < 1.29 is 9.59 Å². The van der Waals surface area contributed by atoms with E-state index >= 15 is 0 Å². The topological polar surface area (TPSA) is 112 Å². The van der Waals surface area contributed by atoms with Gasteiger partial charge in [-0.3, -0.25) is 20.0 Å². The summed E-state index contributed by atoms with van der Waals surface area (Å²) in [7, 11) is 0. The van der Waals surface area contributed by atoms with Gasteiger partial charge in [0.05, 0.1) is 17.6 Å². The fraction of sp³-hybridized carbons (Fsp3) is 0.217. The van der Waals surface area contributed by atoms with E-state index in [9.17, 15) is 14.9 Å². The van der Waals surface area contributed by atoms with Gasteiger partial charge in [-0.05, 0) is 43.5 Å². The van der Waals surface area contributed by atoms with Gasteiger partial charge in [0.2, 0.25) is 0 Å². The lowest BCUT2D eigenvalue weighted by molar-refractivity contribution is -0.116. The summed E-state index contributed by atoms with van der Waals surface area (Å²) in [5.41, 5.74) is 12.8. The molecule has 2 heterocycles. The van der Waals surface area contributed by atoms with Crippen molar-refractivity contribution in [3.63, 3.8) is 0 Å². The van der Waals surface area contributed by atoms with Crippen molar-refractivity contribution in [1.82, 2.24) is 15.4 Å². The van der Waals surface area contributed by atoms with E-state index in [0.29, 0.717) is 36.1 Å². The molecule has 1 aromatic heterocycles. The number of carbonyl (C=O) groups excluding carboxylic acids is 2. The first kappa shape index (κ1) is 19.4. The van der Waals surface area contributed by atoms with Crippen molar-refractivity contribution in [2.45, 2.75) is 32.1 Å².